The van der Waals surface area contributed by atoms with E-state index in [1.807, 2.05) is 19.1 Å². The van der Waals surface area contributed by atoms with E-state index in [1.165, 1.54) is 0 Å². The molecule has 0 unspecified atom stereocenters. The summed E-state index contributed by atoms with van der Waals surface area (Å²) < 4.78 is 23.9. The van der Waals surface area contributed by atoms with E-state index in [0.717, 1.165) is 11.1 Å². The number of nitrogens with zero attached hydrogens (tertiary/aromatic N) is 1. The van der Waals surface area contributed by atoms with Crippen molar-refractivity contribution in [1.29, 1.82) is 0 Å². The smallest absolute Gasteiger partial charge is 0.254 e. The van der Waals surface area contributed by atoms with Gasteiger partial charge in [0.05, 0.1) is 11.5 Å². The van der Waals surface area contributed by atoms with E-state index in [-0.39, 0.29) is 30.0 Å². The van der Waals surface area contributed by atoms with E-state index in [9.17, 15) is 13.2 Å². The first-order chi connectivity index (χ1) is 12.3. The molecule has 4 nitrogen and oxygen atoms in total. The average Bonchev–Trinajstić information content (AvgIpc) is 2.94. The third kappa shape index (κ3) is 4.22. The van der Waals surface area contributed by atoms with Gasteiger partial charge in [0.1, 0.15) is 0 Å². The van der Waals surface area contributed by atoms with Crippen molar-refractivity contribution in [2.24, 2.45) is 0 Å². The Morgan fingerprint density at radius 2 is 1.92 bits per heavy atom. The lowest BCUT2D eigenvalue weighted by molar-refractivity contribution is 0.0680. The van der Waals surface area contributed by atoms with Gasteiger partial charge in [0, 0.05) is 28.2 Å². The second kappa shape index (κ2) is 7.59. The van der Waals surface area contributed by atoms with Gasteiger partial charge in [-0.2, -0.15) is 0 Å². The number of hydrogen-bond donors (Lipinski definition) is 0. The summed E-state index contributed by atoms with van der Waals surface area (Å²) in [6.45, 7) is 2.11. The summed E-state index contributed by atoms with van der Waals surface area (Å²) >= 11 is 12.2. The number of halogens is 2. The predicted octanol–water partition coefficient (Wildman–Crippen LogP) is 4.13. The molecule has 138 valence electrons. The molecule has 1 fully saturated rings. The van der Waals surface area contributed by atoms with Crippen molar-refractivity contribution in [3.63, 3.8) is 0 Å². The summed E-state index contributed by atoms with van der Waals surface area (Å²) in [6, 6.07) is 12.0. The van der Waals surface area contributed by atoms with Crippen LogP contribution in [-0.2, 0) is 16.4 Å². The number of carbonyl (C=O) groups excluding carboxylic acids is 1. The lowest BCUT2D eigenvalue weighted by atomic mass is 10.1. The molecule has 0 aromatic heterocycles. The molecule has 26 heavy (non-hydrogen) atoms. The van der Waals surface area contributed by atoms with Gasteiger partial charge in [0.15, 0.2) is 9.84 Å². The maximum atomic E-state index is 13.2. The zero-order valence-electron chi connectivity index (χ0n) is 14.3. The molecule has 0 radical (unpaired) electrons. The average molecular weight is 412 g/mol. The van der Waals surface area contributed by atoms with Gasteiger partial charge in [-0.3, -0.25) is 4.79 Å². The van der Waals surface area contributed by atoms with Crippen LogP contribution in [0.4, 0.5) is 0 Å². The van der Waals surface area contributed by atoms with Crippen LogP contribution in [0.5, 0.6) is 0 Å². The summed E-state index contributed by atoms with van der Waals surface area (Å²) in [5.74, 6) is -0.101. The molecule has 1 aliphatic heterocycles. The van der Waals surface area contributed by atoms with Crippen LogP contribution in [-0.4, -0.2) is 36.8 Å². The van der Waals surface area contributed by atoms with E-state index in [0.29, 0.717) is 22.0 Å². The number of rotatable bonds is 4. The minimum Gasteiger partial charge on any atom is -0.330 e. The van der Waals surface area contributed by atoms with Crippen molar-refractivity contribution < 1.29 is 13.2 Å². The molecule has 3 rings (SSSR count). The lowest BCUT2D eigenvalue weighted by Crippen LogP contribution is -2.41. The molecular weight excluding hydrogens is 393 g/mol. The van der Waals surface area contributed by atoms with E-state index in [2.05, 4.69) is 0 Å². The first-order valence-corrected chi connectivity index (χ1v) is 10.9. The summed E-state index contributed by atoms with van der Waals surface area (Å²) in [4.78, 5) is 14.8. The summed E-state index contributed by atoms with van der Waals surface area (Å²) in [5, 5.41) is 0.972. The van der Waals surface area contributed by atoms with Crippen molar-refractivity contribution in [2.45, 2.75) is 25.9 Å². The van der Waals surface area contributed by atoms with Gasteiger partial charge in [0.2, 0.25) is 0 Å². The molecule has 0 N–H and O–H groups in total. The number of amides is 1. The van der Waals surface area contributed by atoms with Crippen LogP contribution in [0.2, 0.25) is 10.0 Å². The molecule has 1 atom stereocenters. The number of aryl methyl sites for hydroxylation is 1. The largest absolute Gasteiger partial charge is 0.330 e. The SMILES string of the molecule is Cc1ccccc1C(=O)N(Cc1ccc(Cl)cc1Cl)[C@@H]1CCS(=O)(=O)C1. The highest BCUT2D eigenvalue weighted by atomic mass is 35.5. The Balaban J connectivity index is 1.96. The third-order valence-electron chi connectivity index (χ3n) is 4.64. The Bertz CT molecular complexity index is 944. The highest BCUT2D eigenvalue weighted by Crippen LogP contribution is 2.27. The first-order valence-electron chi connectivity index (χ1n) is 8.28. The molecule has 1 aliphatic rings. The maximum absolute atomic E-state index is 13.2. The quantitative estimate of drug-likeness (QED) is 0.759. The zero-order chi connectivity index (χ0) is 18.9. The minimum absolute atomic E-state index is 0.0180. The van der Waals surface area contributed by atoms with Crippen LogP contribution in [0.15, 0.2) is 42.5 Å². The number of benzene rings is 2. The van der Waals surface area contributed by atoms with Crippen LogP contribution in [0, 0.1) is 6.92 Å². The molecular formula is C19H19Cl2NO3S. The Morgan fingerprint density at radius 3 is 2.54 bits per heavy atom. The molecule has 0 saturated carbocycles. The fourth-order valence-electron chi connectivity index (χ4n) is 3.19. The normalized spacial score (nSPS) is 18.7. The van der Waals surface area contributed by atoms with Crippen LogP contribution in [0.25, 0.3) is 0 Å². The van der Waals surface area contributed by atoms with Crippen molar-refractivity contribution >= 4 is 38.9 Å². The van der Waals surface area contributed by atoms with Crippen LogP contribution in [0.3, 0.4) is 0 Å². The highest BCUT2D eigenvalue weighted by molar-refractivity contribution is 7.91. The van der Waals surface area contributed by atoms with Crippen LogP contribution in [0.1, 0.15) is 27.9 Å². The summed E-state index contributed by atoms with van der Waals surface area (Å²) in [5.41, 5.74) is 2.16. The van der Waals surface area contributed by atoms with Crippen molar-refractivity contribution in [1.82, 2.24) is 4.90 Å². The first kappa shape index (κ1) is 19.2. The predicted molar refractivity (Wildman–Crippen MR) is 105 cm³/mol. The van der Waals surface area contributed by atoms with E-state index >= 15 is 0 Å². The molecule has 7 heteroatoms. The fraction of sp³-hybridized carbons (Fsp3) is 0.316. The highest BCUT2D eigenvalue weighted by Gasteiger charge is 2.35. The minimum atomic E-state index is -3.12. The number of hydrogen-bond acceptors (Lipinski definition) is 3. The van der Waals surface area contributed by atoms with Gasteiger partial charge in [-0.05, 0) is 42.7 Å². The molecule has 2 aromatic rings. The molecule has 1 amide bonds. The van der Waals surface area contributed by atoms with Gasteiger partial charge in [-0.15, -0.1) is 0 Å². The lowest BCUT2D eigenvalue weighted by Gasteiger charge is -2.29. The third-order valence-corrected chi connectivity index (χ3v) is 6.98. The Morgan fingerprint density at radius 1 is 1.19 bits per heavy atom. The van der Waals surface area contributed by atoms with E-state index in [4.69, 9.17) is 23.2 Å². The number of sulfone groups is 1. The molecule has 2 aromatic carbocycles. The van der Waals surface area contributed by atoms with Crippen LogP contribution < -0.4 is 0 Å². The van der Waals surface area contributed by atoms with Crippen molar-refractivity contribution in [2.75, 3.05) is 11.5 Å². The Kier molecular flexibility index (Phi) is 5.61. The zero-order valence-corrected chi connectivity index (χ0v) is 16.6. The topological polar surface area (TPSA) is 54.5 Å². The fourth-order valence-corrected chi connectivity index (χ4v) is 5.39. The van der Waals surface area contributed by atoms with Gasteiger partial charge >= 0.3 is 0 Å². The second-order valence-electron chi connectivity index (χ2n) is 6.54. The van der Waals surface area contributed by atoms with Gasteiger partial charge in [-0.1, -0.05) is 47.5 Å². The standard InChI is InChI=1S/C19H19Cl2NO3S/c1-13-4-2-3-5-17(13)19(23)22(16-8-9-26(24,25)12-16)11-14-6-7-15(20)10-18(14)21/h2-7,10,16H,8-9,11-12H2,1H3/t16-/m1/s1. The molecule has 0 spiro atoms. The second-order valence-corrected chi connectivity index (χ2v) is 9.61. The number of carbonyl (C=O) groups is 1. The monoisotopic (exact) mass is 411 g/mol. The molecule has 0 aliphatic carbocycles. The maximum Gasteiger partial charge on any atom is 0.254 e. The van der Waals surface area contributed by atoms with Crippen molar-refractivity contribution in [3.05, 3.63) is 69.2 Å². The van der Waals surface area contributed by atoms with Crippen LogP contribution >= 0.6 is 23.2 Å². The molecule has 1 heterocycles. The molecule has 1 saturated heterocycles. The van der Waals surface area contributed by atoms with E-state index in [1.54, 1.807) is 35.2 Å². The van der Waals surface area contributed by atoms with Gasteiger partial charge < -0.3 is 4.90 Å². The van der Waals surface area contributed by atoms with Gasteiger partial charge in [0.25, 0.3) is 5.91 Å². The van der Waals surface area contributed by atoms with Gasteiger partial charge in [-0.25, -0.2) is 8.42 Å². The molecule has 0 bridgehead atoms. The van der Waals surface area contributed by atoms with E-state index < -0.39 is 9.84 Å². The Hall–Kier alpha value is -1.56. The van der Waals surface area contributed by atoms with Crippen molar-refractivity contribution in [3.8, 4) is 0 Å². The Labute approximate surface area is 163 Å². The summed E-state index contributed by atoms with van der Waals surface area (Å²) in [7, 11) is -3.12. The summed E-state index contributed by atoms with van der Waals surface area (Å²) in [6.07, 6.45) is 0.436.